The molecule has 0 radical (unpaired) electrons. The number of rotatable bonds is 2. The second kappa shape index (κ2) is 3.00. The molecule has 2 N–H and O–H groups in total. The molecule has 1 fully saturated rings. The molecular weight excluding hydrogens is 166 g/mol. The third kappa shape index (κ3) is 1.29. The quantitative estimate of drug-likeness (QED) is 0.632. The van der Waals surface area contributed by atoms with Crippen molar-refractivity contribution in [2.24, 2.45) is 17.6 Å². The lowest BCUT2D eigenvalue weighted by Gasteiger charge is -2.10. The van der Waals surface area contributed by atoms with E-state index in [4.69, 9.17) is 5.73 Å². The first-order chi connectivity index (χ1) is 6.27. The lowest BCUT2D eigenvalue weighted by Crippen LogP contribution is -2.13. The van der Waals surface area contributed by atoms with Crippen LogP contribution in [0.25, 0.3) is 0 Å². The molecule has 0 heterocycles. The fourth-order valence-electron chi connectivity index (χ4n) is 1.95. The maximum absolute atomic E-state index is 11.2. The van der Waals surface area contributed by atoms with E-state index >= 15 is 0 Å². The van der Waals surface area contributed by atoms with Gasteiger partial charge >= 0.3 is 5.97 Å². The molecule has 2 unspecified atom stereocenters. The van der Waals surface area contributed by atoms with Crippen LogP contribution in [-0.4, -0.2) is 19.6 Å². The van der Waals surface area contributed by atoms with Gasteiger partial charge in [0, 0.05) is 12.1 Å². The summed E-state index contributed by atoms with van der Waals surface area (Å²) in [6.45, 7) is 0.603. The molecule has 1 saturated carbocycles. The fourth-order valence-corrected chi connectivity index (χ4v) is 1.95. The van der Waals surface area contributed by atoms with Gasteiger partial charge in [-0.05, 0) is 18.3 Å². The minimum Gasteiger partial charge on any atom is -0.466 e. The average Bonchev–Trinajstić information content (AvgIpc) is 2.94. The smallest absolute Gasteiger partial charge is 0.334 e. The Morgan fingerprint density at radius 2 is 2.38 bits per heavy atom. The Bertz CT molecular complexity index is 304. The maximum Gasteiger partial charge on any atom is 0.334 e. The van der Waals surface area contributed by atoms with E-state index in [1.165, 1.54) is 12.7 Å². The van der Waals surface area contributed by atoms with Crippen LogP contribution < -0.4 is 5.73 Å². The van der Waals surface area contributed by atoms with Crippen molar-refractivity contribution in [2.45, 2.75) is 6.42 Å². The monoisotopic (exact) mass is 179 g/mol. The first-order valence-corrected chi connectivity index (χ1v) is 4.47. The number of allylic oxidation sites excluding steroid dienone is 2. The highest BCUT2D eigenvalue weighted by Gasteiger charge is 2.45. The van der Waals surface area contributed by atoms with E-state index in [1.807, 2.05) is 12.2 Å². The van der Waals surface area contributed by atoms with Crippen LogP contribution in [0, 0.1) is 11.8 Å². The highest BCUT2D eigenvalue weighted by molar-refractivity contribution is 5.90. The average molecular weight is 179 g/mol. The number of fused-ring (bicyclic) bond motifs is 1. The summed E-state index contributed by atoms with van der Waals surface area (Å²) in [7, 11) is 1.42. The highest BCUT2D eigenvalue weighted by atomic mass is 16.5. The van der Waals surface area contributed by atoms with Crippen LogP contribution in [0.2, 0.25) is 0 Å². The molecule has 0 aromatic rings. The second-order valence-electron chi connectivity index (χ2n) is 3.51. The molecule has 13 heavy (non-hydrogen) atoms. The standard InChI is InChI=1S/C10H13NO2/c1-13-10(12)7-3-2-6(5-11)8-4-9(7)8/h2-3,8-9H,4-5,11H2,1H3. The largest absolute Gasteiger partial charge is 0.466 e. The molecule has 0 aliphatic heterocycles. The van der Waals surface area contributed by atoms with Crippen molar-refractivity contribution in [3.8, 4) is 0 Å². The van der Waals surface area contributed by atoms with Gasteiger partial charge in [0.05, 0.1) is 7.11 Å². The van der Waals surface area contributed by atoms with Crippen molar-refractivity contribution in [3.63, 3.8) is 0 Å². The number of ether oxygens (including phenoxy) is 1. The summed E-state index contributed by atoms with van der Waals surface area (Å²) >= 11 is 0. The number of nitrogens with two attached hydrogens (primary N) is 1. The zero-order valence-corrected chi connectivity index (χ0v) is 7.62. The molecule has 2 aliphatic carbocycles. The van der Waals surface area contributed by atoms with Crippen molar-refractivity contribution in [3.05, 3.63) is 23.3 Å². The van der Waals surface area contributed by atoms with Gasteiger partial charge in [0.2, 0.25) is 0 Å². The number of hydrogen-bond donors (Lipinski definition) is 1. The zero-order valence-electron chi connectivity index (χ0n) is 7.62. The summed E-state index contributed by atoms with van der Waals surface area (Å²) in [6.07, 6.45) is 4.87. The fraction of sp³-hybridized carbons (Fsp3) is 0.500. The van der Waals surface area contributed by atoms with Crippen LogP contribution in [0.5, 0.6) is 0 Å². The van der Waals surface area contributed by atoms with Crippen LogP contribution in [0.1, 0.15) is 6.42 Å². The van der Waals surface area contributed by atoms with Crippen LogP contribution in [0.15, 0.2) is 23.3 Å². The van der Waals surface area contributed by atoms with Crippen molar-refractivity contribution in [1.29, 1.82) is 0 Å². The highest BCUT2D eigenvalue weighted by Crippen LogP contribution is 2.51. The molecule has 0 saturated heterocycles. The summed E-state index contributed by atoms with van der Waals surface area (Å²) in [5, 5.41) is 0. The van der Waals surface area contributed by atoms with Crippen molar-refractivity contribution < 1.29 is 9.53 Å². The number of carbonyl (C=O) groups excluding carboxylic acids is 1. The van der Waals surface area contributed by atoms with E-state index < -0.39 is 0 Å². The van der Waals surface area contributed by atoms with Crippen LogP contribution >= 0.6 is 0 Å². The Labute approximate surface area is 77.2 Å². The number of hydrogen-bond acceptors (Lipinski definition) is 3. The summed E-state index contributed by atoms with van der Waals surface area (Å²) in [6, 6.07) is 0. The first kappa shape index (κ1) is 8.51. The van der Waals surface area contributed by atoms with Gasteiger partial charge in [-0.3, -0.25) is 0 Å². The van der Waals surface area contributed by atoms with Gasteiger partial charge in [-0.1, -0.05) is 17.7 Å². The molecule has 3 heteroatoms. The first-order valence-electron chi connectivity index (χ1n) is 4.47. The molecule has 0 aromatic carbocycles. The third-order valence-electron chi connectivity index (χ3n) is 2.80. The lowest BCUT2D eigenvalue weighted by molar-refractivity contribution is -0.136. The van der Waals surface area contributed by atoms with Gasteiger partial charge in [-0.25, -0.2) is 4.79 Å². The summed E-state index contributed by atoms with van der Waals surface area (Å²) in [5.41, 5.74) is 7.63. The predicted octanol–water partition coefficient (Wildman–Crippen LogP) is 0.621. The Morgan fingerprint density at radius 1 is 1.62 bits per heavy atom. The van der Waals surface area contributed by atoms with Crippen LogP contribution in [-0.2, 0) is 9.53 Å². The number of carbonyl (C=O) groups is 1. The van der Waals surface area contributed by atoms with E-state index in [2.05, 4.69) is 4.74 Å². The molecular formula is C10H13NO2. The van der Waals surface area contributed by atoms with E-state index in [0.717, 1.165) is 12.0 Å². The van der Waals surface area contributed by atoms with E-state index in [0.29, 0.717) is 18.4 Å². The summed E-state index contributed by atoms with van der Waals surface area (Å²) in [5.74, 6) is 0.708. The third-order valence-corrected chi connectivity index (χ3v) is 2.80. The molecule has 0 amide bonds. The molecule has 2 rings (SSSR count). The molecule has 0 bridgehead atoms. The molecule has 3 nitrogen and oxygen atoms in total. The van der Waals surface area contributed by atoms with Crippen LogP contribution in [0.3, 0.4) is 0 Å². The molecule has 2 atom stereocenters. The Kier molecular flexibility index (Phi) is 1.96. The Morgan fingerprint density at radius 3 is 3.00 bits per heavy atom. The Balaban J connectivity index is 2.20. The Hall–Kier alpha value is -1.09. The minimum absolute atomic E-state index is 0.195. The molecule has 2 aliphatic rings. The van der Waals surface area contributed by atoms with E-state index in [1.54, 1.807) is 0 Å². The normalized spacial score (nSPS) is 30.0. The van der Waals surface area contributed by atoms with Gasteiger partial charge in [-0.2, -0.15) is 0 Å². The molecule has 0 spiro atoms. The zero-order chi connectivity index (χ0) is 9.42. The van der Waals surface area contributed by atoms with Gasteiger partial charge in [-0.15, -0.1) is 0 Å². The van der Waals surface area contributed by atoms with Gasteiger partial charge in [0.25, 0.3) is 0 Å². The van der Waals surface area contributed by atoms with E-state index in [9.17, 15) is 4.79 Å². The summed E-state index contributed by atoms with van der Waals surface area (Å²) in [4.78, 5) is 11.2. The second-order valence-corrected chi connectivity index (χ2v) is 3.51. The van der Waals surface area contributed by atoms with Gasteiger partial charge < -0.3 is 10.5 Å². The van der Waals surface area contributed by atoms with Crippen molar-refractivity contribution in [2.75, 3.05) is 13.7 Å². The van der Waals surface area contributed by atoms with Crippen molar-refractivity contribution >= 4 is 5.97 Å². The lowest BCUT2D eigenvalue weighted by atomic mass is 9.99. The topological polar surface area (TPSA) is 52.3 Å². The minimum atomic E-state index is -0.195. The van der Waals surface area contributed by atoms with Crippen LogP contribution in [0.4, 0.5) is 0 Å². The number of esters is 1. The maximum atomic E-state index is 11.2. The number of methoxy groups -OCH3 is 1. The summed E-state index contributed by atoms with van der Waals surface area (Å²) < 4.78 is 4.69. The van der Waals surface area contributed by atoms with Gasteiger partial charge in [0.1, 0.15) is 0 Å². The SMILES string of the molecule is COC(=O)C1=CC=C(CN)C2CC12. The van der Waals surface area contributed by atoms with Crippen molar-refractivity contribution in [1.82, 2.24) is 0 Å². The molecule has 0 aromatic heterocycles. The van der Waals surface area contributed by atoms with Gasteiger partial charge in [0.15, 0.2) is 0 Å². The van der Waals surface area contributed by atoms with E-state index in [-0.39, 0.29) is 5.97 Å². The predicted molar refractivity (Wildman–Crippen MR) is 48.8 cm³/mol. The molecule has 70 valence electrons.